The van der Waals surface area contributed by atoms with Crippen molar-refractivity contribution < 1.29 is 44.3 Å². The molecule has 1 rings (SSSR count). The molecule has 1 N–H and O–H groups in total. The van der Waals surface area contributed by atoms with E-state index in [2.05, 4.69) is 33.3 Å². The molecule has 7 heteroatoms. The maximum Gasteiger partial charge on any atom is 0 e. The van der Waals surface area contributed by atoms with Gasteiger partial charge in [-0.2, -0.15) is 0 Å². The molecule has 1 aliphatic rings. The van der Waals surface area contributed by atoms with E-state index < -0.39 is 0 Å². The van der Waals surface area contributed by atoms with Crippen LogP contribution in [-0.4, -0.2) is 6.04 Å². The molecule has 98 valence electrons. The Morgan fingerprint density at radius 2 is 0.833 bits per heavy atom. The summed E-state index contributed by atoms with van der Waals surface area (Å²) >= 11 is 0. The van der Waals surface area contributed by atoms with Crippen molar-refractivity contribution in [1.82, 2.24) is 0 Å². The van der Waals surface area contributed by atoms with Gasteiger partial charge in [-0.25, -0.2) is 0 Å². The standard InChI is InChI=1S/C6H12N.5CO.W/c7-6-4-2-1-3-5-6;5*1-2;/h6-7H,1-5H2;;;;;;/q-1;;;;;;. The van der Waals surface area contributed by atoms with Crippen LogP contribution in [0.2, 0.25) is 0 Å². The Hall–Kier alpha value is -0.652. The van der Waals surface area contributed by atoms with Crippen molar-refractivity contribution in [3.05, 3.63) is 39.0 Å². The average molecular weight is 422 g/mol. The maximum atomic E-state index is 7.50. The summed E-state index contributed by atoms with van der Waals surface area (Å²) in [5.74, 6) is 0. The molecule has 0 heterocycles. The minimum Gasteiger partial charge on any atom is -0.675 e. The maximum absolute atomic E-state index is 7.50. The monoisotopic (exact) mass is 422 g/mol. The van der Waals surface area contributed by atoms with Gasteiger partial charge in [0.25, 0.3) is 0 Å². The van der Waals surface area contributed by atoms with Crippen LogP contribution in [0.25, 0.3) is 5.73 Å². The molecular formula is C11H12NO5W-. The summed E-state index contributed by atoms with van der Waals surface area (Å²) < 4.78 is 37.5. The Bertz CT molecular complexity index is 169. The van der Waals surface area contributed by atoms with Crippen molar-refractivity contribution in [3.63, 3.8) is 0 Å². The molecule has 0 atom stereocenters. The first kappa shape index (κ1) is 36.0. The molecule has 0 aromatic rings. The van der Waals surface area contributed by atoms with Gasteiger partial charge in [-0.15, -0.1) is 6.04 Å². The second-order valence-corrected chi connectivity index (χ2v) is 2.33. The second kappa shape index (κ2) is 71.3. The molecule has 0 aromatic heterocycles. The summed E-state index contributed by atoms with van der Waals surface area (Å²) in [7, 11) is 0. The van der Waals surface area contributed by atoms with Crippen LogP contribution < -0.4 is 0 Å². The third-order valence-electron chi connectivity index (χ3n) is 1.61. The minimum absolute atomic E-state index is 0. The zero-order valence-electron chi connectivity index (χ0n) is 9.56. The summed E-state index contributed by atoms with van der Waals surface area (Å²) in [6.45, 7) is 22.5. The van der Waals surface area contributed by atoms with Crippen LogP contribution in [0, 0.1) is 33.3 Å². The summed E-state index contributed by atoms with van der Waals surface area (Å²) in [5, 5.41) is 0. The Kier molecular flexibility index (Phi) is 143. The van der Waals surface area contributed by atoms with Gasteiger partial charge in [0.1, 0.15) is 0 Å². The molecule has 0 bridgehead atoms. The fourth-order valence-electron chi connectivity index (χ4n) is 1.10. The van der Waals surface area contributed by atoms with Crippen molar-refractivity contribution in [1.29, 1.82) is 0 Å². The largest absolute Gasteiger partial charge is 0.675 e. The smallest absolute Gasteiger partial charge is 0 e. The third kappa shape index (κ3) is 58.5. The van der Waals surface area contributed by atoms with Crippen molar-refractivity contribution in [3.8, 4) is 0 Å². The third-order valence-corrected chi connectivity index (χ3v) is 1.61. The predicted octanol–water partition coefficient (Wildman–Crippen LogP) is 2.18. The zero-order chi connectivity index (χ0) is 15.1. The Labute approximate surface area is 122 Å². The number of hydrogen-bond donors (Lipinski definition) is 0. The molecule has 1 saturated carbocycles. The van der Waals surface area contributed by atoms with E-state index >= 15 is 0 Å². The van der Waals surface area contributed by atoms with Gasteiger partial charge in [-0.3, -0.25) is 0 Å². The van der Waals surface area contributed by atoms with Crippen LogP contribution in [0.4, 0.5) is 0 Å². The van der Waals surface area contributed by atoms with Crippen molar-refractivity contribution in [2.75, 3.05) is 0 Å². The Balaban J connectivity index is -0.0000000285. The summed E-state index contributed by atoms with van der Waals surface area (Å²) in [6.07, 6.45) is 6.28. The molecule has 0 aliphatic heterocycles. The fraction of sp³-hybridized carbons (Fsp3) is 0.545. The number of rotatable bonds is 0. The van der Waals surface area contributed by atoms with Crippen LogP contribution in [0.15, 0.2) is 0 Å². The van der Waals surface area contributed by atoms with Crippen LogP contribution in [0.3, 0.4) is 0 Å². The van der Waals surface area contributed by atoms with E-state index in [1.165, 1.54) is 19.3 Å². The molecule has 0 radical (unpaired) electrons. The summed E-state index contributed by atoms with van der Waals surface area (Å²) in [5.41, 5.74) is 7.27. The molecule has 0 aromatic carbocycles. The Morgan fingerprint density at radius 1 is 0.611 bits per heavy atom. The molecule has 1 aliphatic carbocycles. The van der Waals surface area contributed by atoms with Gasteiger partial charge in [0.2, 0.25) is 0 Å². The molecule has 1 fully saturated rings. The summed E-state index contributed by atoms with van der Waals surface area (Å²) in [6, 6.07) is 0.286. The topological polar surface area (TPSA) is 123 Å². The SMILES string of the molecule is [C-]#[O+].[C-]#[O+].[C-]#[O+].[C-]#[O+].[C-]#[O+].[NH-]C1CCCCC1.[W]. The van der Waals surface area contributed by atoms with E-state index in [9.17, 15) is 0 Å². The molecule has 0 unspecified atom stereocenters. The van der Waals surface area contributed by atoms with Crippen molar-refractivity contribution >= 4 is 0 Å². The van der Waals surface area contributed by atoms with Crippen LogP contribution in [0.1, 0.15) is 32.1 Å². The van der Waals surface area contributed by atoms with Crippen molar-refractivity contribution in [2.45, 2.75) is 38.1 Å². The van der Waals surface area contributed by atoms with Gasteiger partial charge in [0.15, 0.2) is 0 Å². The van der Waals surface area contributed by atoms with E-state index in [1.807, 2.05) is 0 Å². The van der Waals surface area contributed by atoms with E-state index in [0.717, 1.165) is 12.8 Å². The first-order valence-corrected chi connectivity index (χ1v) is 4.13. The average Bonchev–Trinajstić information content (AvgIpc) is 2.50. The van der Waals surface area contributed by atoms with Gasteiger partial charge in [0.05, 0.1) is 0 Å². The van der Waals surface area contributed by atoms with E-state index in [4.69, 9.17) is 29.0 Å². The predicted molar refractivity (Wildman–Crippen MR) is 50.8 cm³/mol. The first-order valence-electron chi connectivity index (χ1n) is 4.13. The van der Waals surface area contributed by atoms with E-state index in [1.54, 1.807) is 0 Å². The van der Waals surface area contributed by atoms with Crippen LogP contribution in [0.5, 0.6) is 0 Å². The molecule has 18 heavy (non-hydrogen) atoms. The zero-order valence-corrected chi connectivity index (χ0v) is 12.5. The molecule has 0 amide bonds. The minimum atomic E-state index is 0. The molecule has 0 spiro atoms. The number of nitrogens with one attached hydrogen (secondary N) is 1. The van der Waals surface area contributed by atoms with Gasteiger partial charge < -0.3 is 5.73 Å². The first-order chi connectivity index (χ1) is 8.39. The fourth-order valence-corrected chi connectivity index (χ4v) is 1.10. The molecule has 6 nitrogen and oxygen atoms in total. The van der Waals surface area contributed by atoms with Crippen LogP contribution in [-0.2, 0) is 44.3 Å². The van der Waals surface area contributed by atoms with Gasteiger partial charge in [-0.1, -0.05) is 32.1 Å². The molecular weight excluding hydrogens is 410 g/mol. The number of hydrogen-bond acceptors (Lipinski definition) is 0. The van der Waals surface area contributed by atoms with Gasteiger partial charge >= 0.3 is 56.5 Å². The van der Waals surface area contributed by atoms with Crippen molar-refractivity contribution in [2.24, 2.45) is 0 Å². The summed E-state index contributed by atoms with van der Waals surface area (Å²) in [4.78, 5) is 0. The normalized spacial score (nSPS) is 10.4. The molecule has 0 saturated heterocycles. The Morgan fingerprint density at radius 3 is 0.944 bits per heavy atom. The van der Waals surface area contributed by atoms with E-state index in [0.29, 0.717) is 0 Å². The quantitative estimate of drug-likeness (QED) is 0.420. The van der Waals surface area contributed by atoms with Gasteiger partial charge in [-0.05, 0) is 0 Å². The van der Waals surface area contributed by atoms with Gasteiger partial charge in [0, 0.05) is 21.1 Å². The van der Waals surface area contributed by atoms with Crippen LogP contribution >= 0.6 is 0 Å². The van der Waals surface area contributed by atoms with E-state index in [-0.39, 0.29) is 27.1 Å². The second-order valence-electron chi connectivity index (χ2n) is 2.33.